The smallest absolute Gasteiger partial charge is 0.253 e. The van der Waals surface area contributed by atoms with Gasteiger partial charge in [0.25, 0.3) is 5.91 Å². The maximum atomic E-state index is 12.5. The van der Waals surface area contributed by atoms with Crippen LogP contribution in [0, 0.1) is 6.92 Å². The molecular formula is C17H24N2O4. The van der Waals surface area contributed by atoms with E-state index in [0.29, 0.717) is 45.0 Å². The molecule has 1 aromatic rings. The Morgan fingerprint density at radius 1 is 1.09 bits per heavy atom. The van der Waals surface area contributed by atoms with Crippen molar-refractivity contribution in [3.8, 4) is 0 Å². The van der Waals surface area contributed by atoms with Crippen LogP contribution in [0.3, 0.4) is 0 Å². The molecule has 6 nitrogen and oxygen atoms in total. The normalized spacial score (nSPS) is 14.9. The molecule has 126 valence electrons. The average molecular weight is 320 g/mol. The van der Waals surface area contributed by atoms with E-state index < -0.39 is 0 Å². The predicted octanol–water partition coefficient (Wildman–Crippen LogP) is 0.942. The van der Waals surface area contributed by atoms with Gasteiger partial charge in [0.05, 0.1) is 13.2 Å². The van der Waals surface area contributed by atoms with Crippen molar-refractivity contribution in [1.29, 1.82) is 0 Å². The summed E-state index contributed by atoms with van der Waals surface area (Å²) in [5.41, 5.74) is 1.77. The van der Waals surface area contributed by atoms with E-state index in [0.717, 1.165) is 5.56 Å². The van der Waals surface area contributed by atoms with Gasteiger partial charge in [-0.3, -0.25) is 9.59 Å². The fraction of sp³-hybridized carbons (Fsp3) is 0.529. The van der Waals surface area contributed by atoms with Crippen molar-refractivity contribution in [1.82, 2.24) is 9.80 Å². The number of carbonyl (C=O) groups excluding carboxylic acids is 2. The Labute approximate surface area is 137 Å². The summed E-state index contributed by atoms with van der Waals surface area (Å²) in [5.74, 6) is -0.0131. The monoisotopic (exact) mass is 320 g/mol. The molecule has 0 bridgehead atoms. The van der Waals surface area contributed by atoms with Gasteiger partial charge in [0.15, 0.2) is 0 Å². The number of ether oxygens (including phenoxy) is 2. The zero-order valence-electron chi connectivity index (χ0n) is 13.8. The van der Waals surface area contributed by atoms with Crippen LogP contribution in [-0.2, 0) is 14.3 Å². The van der Waals surface area contributed by atoms with Gasteiger partial charge in [-0.05, 0) is 19.1 Å². The van der Waals surface area contributed by atoms with Crippen molar-refractivity contribution in [2.75, 3.05) is 53.1 Å². The van der Waals surface area contributed by atoms with Crippen LogP contribution in [0.4, 0.5) is 0 Å². The fourth-order valence-electron chi connectivity index (χ4n) is 2.51. The molecule has 6 heteroatoms. The zero-order valence-corrected chi connectivity index (χ0v) is 13.8. The molecule has 1 aliphatic rings. The first-order valence-electron chi connectivity index (χ1n) is 7.82. The standard InChI is InChI=1S/C17H24N2O4/c1-14-4-3-5-15(12-14)17(21)19-8-6-18(7-9-19)16(20)13-23-11-10-22-2/h3-5,12H,6-11,13H2,1-2H3. The van der Waals surface area contributed by atoms with E-state index in [9.17, 15) is 9.59 Å². The molecule has 1 heterocycles. The largest absolute Gasteiger partial charge is 0.382 e. The average Bonchev–Trinajstić information content (AvgIpc) is 2.58. The van der Waals surface area contributed by atoms with Crippen LogP contribution in [0.5, 0.6) is 0 Å². The highest BCUT2D eigenvalue weighted by molar-refractivity contribution is 5.94. The minimum atomic E-state index is -0.0382. The third kappa shape index (κ3) is 5.04. The number of aryl methyl sites for hydroxylation is 1. The van der Waals surface area contributed by atoms with Crippen molar-refractivity contribution in [2.45, 2.75) is 6.92 Å². The maximum absolute atomic E-state index is 12.5. The van der Waals surface area contributed by atoms with Gasteiger partial charge in [-0.15, -0.1) is 0 Å². The van der Waals surface area contributed by atoms with Crippen LogP contribution < -0.4 is 0 Å². The lowest BCUT2D eigenvalue weighted by Crippen LogP contribution is -2.51. The molecule has 1 fully saturated rings. The van der Waals surface area contributed by atoms with Crippen molar-refractivity contribution >= 4 is 11.8 Å². The summed E-state index contributed by atoms with van der Waals surface area (Å²) in [4.78, 5) is 28.0. The molecule has 1 aromatic carbocycles. The number of carbonyl (C=O) groups is 2. The van der Waals surface area contributed by atoms with E-state index in [1.54, 1.807) is 16.9 Å². The van der Waals surface area contributed by atoms with Crippen molar-refractivity contribution in [3.05, 3.63) is 35.4 Å². The van der Waals surface area contributed by atoms with Gasteiger partial charge < -0.3 is 19.3 Å². The first-order valence-corrected chi connectivity index (χ1v) is 7.82. The van der Waals surface area contributed by atoms with E-state index in [4.69, 9.17) is 9.47 Å². The third-order valence-corrected chi connectivity index (χ3v) is 3.84. The molecule has 2 rings (SSSR count). The number of benzene rings is 1. The fourth-order valence-corrected chi connectivity index (χ4v) is 2.51. The number of nitrogens with zero attached hydrogens (tertiary/aromatic N) is 2. The van der Waals surface area contributed by atoms with Crippen LogP contribution in [0.25, 0.3) is 0 Å². The molecule has 0 aromatic heterocycles. The second-order valence-corrected chi connectivity index (χ2v) is 5.59. The highest BCUT2D eigenvalue weighted by Crippen LogP contribution is 2.11. The van der Waals surface area contributed by atoms with E-state index >= 15 is 0 Å². The Balaban J connectivity index is 1.79. The summed E-state index contributed by atoms with van der Waals surface area (Å²) in [6.45, 7) is 5.12. The van der Waals surface area contributed by atoms with E-state index in [-0.39, 0.29) is 18.4 Å². The SMILES string of the molecule is COCCOCC(=O)N1CCN(C(=O)c2cccc(C)c2)CC1. The summed E-state index contributed by atoms with van der Waals surface area (Å²) in [6, 6.07) is 7.58. The topological polar surface area (TPSA) is 59.1 Å². The van der Waals surface area contributed by atoms with Gasteiger partial charge in [-0.2, -0.15) is 0 Å². The van der Waals surface area contributed by atoms with Crippen molar-refractivity contribution in [2.24, 2.45) is 0 Å². The molecule has 1 saturated heterocycles. The minimum Gasteiger partial charge on any atom is -0.382 e. The second kappa shape index (κ2) is 8.64. The Kier molecular flexibility index (Phi) is 6.55. The summed E-state index contributed by atoms with van der Waals surface area (Å²) in [7, 11) is 1.59. The van der Waals surface area contributed by atoms with Crippen LogP contribution in [0.2, 0.25) is 0 Å². The molecule has 23 heavy (non-hydrogen) atoms. The van der Waals surface area contributed by atoms with Gasteiger partial charge >= 0.3 is 0 Å². The Bertz CT molecular complexity index is 539. The summed E-state index contributed by atoms with van der Waals surface area (Å²) in [6.07, 6.45) is 0. The number of rotatable bonds is 6. The van der Waals surface area contributed by atoms with Crippen molar-refractivity contribution in [3.63, 3.8) is 0 Å². The maximum Gasteiger partial charge on any atom is 0.253 e. The third-order valence-electron chi connectivity index (χ3n) is 3.84. The quantitative estimate of drug-likeness (QED) is 0.732. The number of piperazine rings is 1. The van der Waals surface area contributed by atoms with Gasteiger partial charge in [0.1, 0.15) is 6.61 Å². The van der Waals surface area contributed by atoms with Crippen molar-refractivity contribution < 1.29 is 19.1 Å². The van der Waals surface area contributed by atoms with Crippen LogP contribution in [-0.4, -0.2) is 74.7 Å². The zero-order chi connectivity index (χ0) is 16.7. The molecular weight excluding hydrogens is 296 g/mol. The lowest BCUT2D eigenvalue weighted by Gasteiger charge is -2.34. The number of hydrogen-bond donors (Lipinski definition) is 0. The van der Waals surface area contributed by atoms with Gasteiger partial charge in [0.2, 0.25) is 5.91 Å². The molecule has 0 spiro atoms. The number of amides is 2. The number of hydrogen-bond acceptors (Lipinski definition) is 4. The summed E-state index contributed by atoms with van der Waals surface area (Å²) < 4.78 is 10.1. The minimum absolute atomic E-state index is 0.0251. The molecule has 0 saturated carbocycles. The number of methoxy groups -OCH3 is 1. The van der Waals surface area contributed by atoms with E-state index in [1.165, 1.54) is 0 Å². The molecule has 0 radical (unpaired) electrons. The van der Waals surface area contributed by atoms with Gasteiger partial charge in [0, 0.05) is 38.9 Å². The summed E-state index contributed by atoms with van der Waals surface area (Å²) in [5, 5.41) is 0. The highest BCUT2D eigenvalue weighted by atomic mass is 16.5. The highest BCUT2D eigenvalue weighted by Gasteiger charge is 2.24. The molecule has 0 N–H and O–H groups in total. The lowest BCUT2D eigenvalue weighted by molar-refractivity contribution is -0.138. The molecule has 0 unspecified atom stereocenters. The Hall–Kier alpha value is -1.92. The van der Waals surface area contributed by atoms with Crippen LogP contribution in [0.1, 0.15) is 15.9 Å². The lowest BCUT2D eigenvalue weighted by atomic mass is 10.1. The van der Waals surface area contributed by atoms with Gasteiger partial charge in [-0.1, -0.05) is 17.7 Å². The first kappa shape index (κ1) is 17.4. The Morgan fingerprint density at radius 2 is 1.78 bits per heavy atom. The molecule has 0 atom stereocenters. The summed E-state index contributed by atoms with van der Waals surface area (Å²) >= 11 is 0. The Morgan fingerprint density at radius 3 is 2.43 bits per heavy atom. The second-order valence-electron chi connectivity index (χ2n) is 5.59. The van der Waals surface area contributed by atoms with E-state index in [1.807, 2.05) is 31.2 Å². The molecule has 2 amide bonds. The molecule has 0 aliphatic carbocycles. The molecule has 1 aliphatic heterocycles. The first-order chi connectivity index (χ1) is 11.1. The van der Waals surface area contributed by atoms with E-state index in [2.05, 4.69) is 0 Å². The van der Waals surface area contributed by atoms with Crippen LogP contribution in [0.15, 0.2) is 24.3 Å². The van der Waals surface area contributed by atoms with Crippen LogP contribution >= 0.6 is 0 Å². The predicted molar refractivity (Wildman–Crippen MR) is 86.4 cm³/mol. The van der Waals surface area contributed by atoms with Gasteiger partial charge in [-0.25, -0.2) is 0 Å².